The van der Waals surface area contributed by atoms with Crippen LogP contribution in [0, 0.1) is 17.3 Å². The minimum absolute atomic E-state index is 0.00593. The highest BCUT2D eigenvalue weighted by Crippen LogP contribution is 2.22. The zero-order valence-electron chi connectivity index (χ0n) is 31.3. The van der Waals surface area contributed by atoms with E-state index in [2.05, 4.69) is 15.5 Å². The number of para-hydroxylation sites is 1. The van der Waals surface area contributed by atoms with Crippen molar-refractivity contribution in [2.45, 2.75) is 76.2 Å². The number of ketones is 3. The van der Waals surface area contributed by atoms with Crippen molar-refractivity contribution in [3.63, 3.8) is 0 Å². The van der Waals surface area contributed by atoms with E-state index >= 15 is 0 Å². The van der Waals surface area contributed by atoms with Crippen LogP contribution in [0.3, 0.4) is 0 Å². The molecule has 0 aliphatic heterocycles. The van der Waals surface area contributed by atoms with Crippen molar-refractivity contribution in [2.24, 2.45) is 32.7 Å². The van der Waals surface area contributed by atoms with Crippen LogP contribution in [-0.2, 0) is 28.9 Å². The molecule has 0 N–H and O–H groups in total. The molecular weight excluding hydrogens is 670 g/mol. The zero-order chi connectivity index (χ0) is 38.5. The topological polar surface area (TPSA) is 133 Å². The molecule has 0 heterocycles. The monoisotopic (exact) mass is 717 g/mol. The molecule has 0 unspecified atom stereocenters. The summed E-state index contributed by atoms with van der Waals surface area (Å²) in [5, 5.41) is 12.0. The molecule has 0 atom stereocenters. The fourth-order valence-electron chi connectivity index (χ4n) is 4.13. The fourth-order valence-corrected chi connectivity index (χ4v) is 4.32. The van der Waals surface area contributed by atoms with Crippen LogP contribution in [0.5, 0.6) is 5.75 Å². The van der Waals surface area contributed by atoms with Crippen LogP contribution in [0.4, 0.5) is 0 Å². The molecule has 10 nitrogen and oxygen atoms in total. The maximum atomic E-state index is 11.8. The second-order valence-corrected chi connectivity index (χ2v) is 13.9. The second-order valence-electron chi connectivity index (χ2n) is 13.5. The van der Waals surface area contributed by atoms with E-state index in [-0.39, 0.29) is 34.2 Å². The Morgan fingerprint density at radius 1 is 0.686 bits per heavy atom. The van der Waals surface area contributed by atoms with Gasteiger partial charge in [-0.3, -0.25) is 14.4 Å². The molecule has 0 amide bonds. The van der Waals surface area contributed by atoms with Crippen molar-refractivity contribution in [3.05, 3.63) is 99.7 Å². The maximum Gasteiger partial charge on any atom is 0.340 e. The molecule has 0 spiro atoms. The van der Waals surface area contributed by atoms with Crippen LogP contribution in [0.2, 0.25) is 0 Å². The molecule has 3 aliphatic carbocycles. The molecule has 4 rings (SSSR count). The summed E-state index contributed by atoms with van der Waals surface area (Å²) >= 11 is 5.89. The van der Waals surface area contributed by atoms with Crippen molar-refractivity contribution in [2.75, 3.05) is 6.61 Å². The lowest BCUT2D eigenvalue weighted by Crippen LogP contribution is -2.22. The predicted octanol–water partition coefficient (Wildman–Crippen LogP) is 8.61. The number of hydrogen-bond acceptors (Lipinski definition) is 10. The van der Waals surface area contributed by atoms with Crippen LogP contribution in [-0.4, -0.2) is 47.1 Å². The van der Waals surface area contributed by atoms with Gasteiger partial charge in [-0.2, -0.15) is 0 Å². The van der Waals surface area contributed by atoms with Crippen LogP contribution in [0.15, 0.2) is 115 Å². The minimum Gasteiger partial charge on any atom is -0.396 e. The molecule has 3 aliphatic rings. The second kappa shape index (κ2) is 19.4. The average Bonchev–Trinajstić information content (AvgIpc) is 3.05. The van der Waals surface area contributed by atoms with Crippen molar-refractivity contribution in [1.82, 2.24) is 0 Å². The lowest BCUT2D eigenvalue weighted by Gasteiger charge is -2.16. The Balaban J connectivity index is 0.000000267. The standard InChI is InChI=1S/C15H21NO3.C13H10ClNO2.C12H17NO2/c1-9(2)11-8-12(10(3)7-13(11)17)16-19-14(18)15(4,5)6;1-9-7-12(11(14)8-13(9)16)15-17-10-5-3-2-4-6-10;1-5-15-13-11-7-10(8(2)3)12(14)6-9(11)4/h7-9H,1-6H3;2-8H,1H3;6-8H,5H2,1-4H3/b16-12+;15-12-;13-11-. The molecule has 1 aromatic rings. The predicted molar refractivity (Wildman–Crippen MR) is 203 cm³/mol. The lowest BCUT2D eigenvalue weighted by atomic mass is 9.90. The van der Waals surface area contributed by atoms with E-state index in [4.69, 9.17) is 26.1 Å². The summed E-state index contributed by atoms with van der Waals surface area (Å²) < 4.78 is 0. The maximum absolute atomic E-state index is 11.8. The van der Waals surface area contributed by atoms with Crippen LogP contribution in [0.25, 0.3) is 0 Å². The first-order valence-corrected chi connectivity index (χ1v) is 17.0. The third kappa shape index (κ3) is 13.4. The number of benzene rings is 1. The number of carbonyl (C=O) groups is 4. The highest BCUT2D eigenvalue weighted by atomic mass is 35.5. The van der Waals surface area contributed by atoms with Gasteiger partial charge in [0, 0.05) is 17.2 Å². The van der Waals surface area contributed by atoms with Gasteiger partial charge in [-0.1, -0.05) is 73.0 Å². The Morgan fingerprint density at radius 3 is 1.67 bits per heavy atom. The molecule has 0 saturated heterocycles. The van der Waals surface area contributed by atoms with Crippen LogP contribution >= 0.6 is 11.6 Å². The summed E-state index contributed by atoms with van der Waals surface area (Å²) in [7, 11) is 0. The summed E-state index contributed by atoms with van der Waals surface area (Å²) in [6.07, 6.45) is 9.60. The quantitative estimate of drug-likeness (QED) is 0.157. The summed E-state index contributed by atoms with van der Waals surface area (Å²) in [6, 6.07) is 9.14. The van der Waals surface area contributed by atoms with Crippen LogP contribution < -0.4 is 4.84 Å². The normalized spacial score (nSPS) is 18.5. The molecule has 1 aromatic carbocycles. The first kappa shape index (κ1) is 42.2. The fraction of sp³-hybridized carbons (Fsp3) is 0.375. The molecule has 51 heavy (non-hydrogen) atoms. The third-order valence-corrected chi connectivity index (χ3v) is 7.57. The van der Waals surface area contributed by atoms with Gasteiger partial charge in [0.25, 0.3) is 0 Å². The number of rotatable bonds is 7. The number of carbonyl (C=O) groups excluding carboxylic acids is 4. The van der Waals surface area contributed by atoms with E-state index in [9.17, 15) is 19.2 Å². The smallest absolute Gasteiger partial charge is 0.340 e. The summed E-state index contributed by atoms with van der Waals surface area (Å²) in [4.78, 5) is 61.5. The zero-order valence-corrected chi connectivity index (χ0v) is 32.0. The molecular formula is C40H48ClN3O7. The van der Waals surface area contributed by atoms with Gasteiger partial charge in [0.05, 0.1) is 10.4 Å². The van der Waals surface area contributed by atoms with E-state index in [1.807, 2.05) is 65.8 Å². The Hall–Kier alpha value is -4.96. The van der Waals surface area contributed by atoms with Crippen LogP contribution in [0.1, 0.15) is 76.2 Å². The Labute approximate surface area is 306 Å². The molecule has 11 heteroatoms. The van der Waals surface area contributed by atoms with Gasteiger partial charge in [-0.15, -0.1) is 0 Å². The van der Waals surface area contributed by atoms with Crippen molar-refractivity contribution in [1.29, 1.82) is 0 Å². The summed E-state index contributed by atoms with van der Waals surface area (Å²) in [5.74, 6) is 0.519. The number of hydrogen-bond donors (Lipinski definition) is 0. The lowest BCUT2D eigenvalue weighted by molar-refractivity contribution is -0.152. The number of halogens is 1. The van der Waals surface area contributed by atoms with E-state index in [1.165, 1.54) is 12.2 Å². The Kier molecular flexibility index (Phi) is 16.1. The highest BCUT2D eigenvalue weighted by Gasteiger charge is 2.25. The number of nitrogens with zero attached hydrogens (tertiary/aromatic N) is 3. The minimum atomic E-state index is -0.600. The molecule has 0 saturated carbocycles. The molecule has 0 aromatic heterocycles. The van der Waals surface area contributed by atoms with E-state index < -0.39 is 11.4 Å². The number of allylic oxidation sites excluding steroid dienone is 12. The molecule has 0 bridgehead atoms. The van der Waals surface area contributed by atoms with Crippen molar-refractivity contribution < 1.29 is 33.7 Å². The van der Waals surface area contributed by atoms with Crippen molar-refractivity contribution in [3.8, 4) is 5.75 Å². The van der Waals surface area contributed by atoms with E-state index in [0.29, 0.717) is 40.5 Å². The van der Waals surface area contributed by atoms with Gasteiger partial charge in [0.15, 0.2) is 23.1 Å². The number of oxime groups is 3. The van der Waals surface area contributed by atoms with E-state index in [1.54, 1.807) is 65.0 Å². The Bertz CT molecular complexity index is 1780. The highest BCUT2D eigenvalue weighted by molar-refractivity contribution is 6.48. The van der Waals surface area contributed by atoms with Crippen molar-refractivity contribution >= 4 is 52.1 Å². The average molecular weight is 718 g/mol. The summed E-state index contributed by atoms with van der Waals surface area (Å²) in [5.41, 5.74) is 4.75. The largest absolute Gasteiger partial charge is 0.396 e. The van der Waals surface area contributed by atoms with Gasteiger partial charge >= 0.3 is 5.97 Å². The van der Waals surface area contributed by atoms with Gasteiger partial charge in [0.1, 0.15) is 23.7 Å². The first-order chi connectivity index (χ1) is 23.8. The Morgan fingerprint density at radius 2 is 1.20 bits per heavy atom. The van der Waals surface area contributed by atoms with Gasteiger partial charge in [0.2, 0.25) is 0 Å². The van der Waals surface area contributed by atoms with Gasteiger partial charge < -0.3 is 14.5 Å². The molecule has 0 fully saturated rings. The molecule has 272 valence electrons. The first-order valence-electron chi connectivity index (χ1n) is 16.6. The van der Waals surface area contributed by atoms with E-state index in [0.717, 1.165) is 16.9 Å². The SMILES string of the molecule is CC1=C/C(=N/Oc2ccccc2)C(Cl)=CC1=O.CC1=CC(=O)C(C(C)C)=C/C1=N\OC(=O)C(C)(C)C.CCO/N=C1/C=C(C(C)C)C(=O)C=C1C. The third-order valence-electron chi connectivity index (χ3n) is 7.27. The molecule has 0 radical (unpaired) electrons. The van der Waals surface area contributed by atoms with Gasteiger partial charge in [-0.05, 0) is 120 Å². The summed E-state index contributed by atoms with van der Waals surface area (Å²) in [6.45, 7) is 20.9. The van der Waals surface area contributed by atoms with Gasteiger partial charge in [-0.25, -0.2) is 4.79 Å².